The van der Waals surface area contributed by atoms with Crippen molar-refractivity contribution in [1.82, 2.24) is 4.90 Å². The predicted molar refractivity (Wildman–Crippen MR) is 74.8 cm³/mol. The summed E-state index contributed by atoms with van der Waals surface area (Å²) >= 11 is 0. The van der Waals surface area contributed by atoms with Crippen LogP contribution in [0.2, 0.25) is 0 Å². The summed E-state index contributed by atoms with van der Waals surface area (Å²) in [6, 6.07) is 0. The minimum absolute atomic E-state index is 0.00249. The Bertz CT molecular complexity index is 416. The highest BCUT2D eigenvalue weighted by atomic mass is 35.7. The van der Waals surface area contributed by atoms with Gasteiger partial charge in [0.2, 0.25) is 9.05 Å². The van der Waals surface area contributed by atoms with E-state index in [0.29, 0.717) is 25.4 Å². The van der Waals surface area contributed by atoms with Gasteiger partial charge >= 0.3 is 6.09 Å². The van der Waals surface area contributed by atoms with Gasteiger partial charge in [0.25, 0.3) is 0 Å². The highest BCUT2D eigenvalue weighted by Gasteiger charge is 2.29. The number of halogens is 1. The first-order valence-corrected chi connectivity index (χ1v) is 8.95. The molecule has 1 saturated heterocycles. The summed E-state index contributed by atoms with van der Waals surface area (Å²) in [6.45, 7) is 6.82. The third-order valence-corrected chi connectivity index (χ3v) is 4.18. The van der Waals surface area contributed by atoms with Crippen LogP contribution in [0, 0.1) is 5.92 Å². The van der Waals surface area contributed by atoms with Gasteiger partial charge in [0.15, 0.2) is 0 Å². The van der Waals surface area contributed by atoms with Crippen LogP contribution in [0.1, 0.15) is 40.0 Å². The maximum Gasteiger partial charge on any atom is 0.410 e. The number of amides is 1. The average molecular weight is 312 g/mol. The van der Waals surface area contributed by atoms with Crippen LogP contribution >= 0.6 is 10.7 Å². The van der Waals surface area contributed by atoms with E-state index in [4.69, 9.17) is 15.4 Å². The van der Waals surface area contributed by atoms with Gasteiger partial charge in [-0.1, -0.05) is 0 Å². The molecule has 0 N–H and O–H groups in total. The molecule has 0 saturated carbocycles. The van der Waals surface area contributed by atoms with Crippen LogP contribution in [0.4, 0.5) is 4.79 Å². The summed E-state index contributed by atoms with van der Waals surface area (Å²) in [5.41, 5.74) is -0.484. The third-order valence-electron chi connectivity index (χ3n) is 2.94. The smallest absolute Gasteiger partial charge is 0.410 e. The lowest BCUT2D eigenvalue weighted by Crippen LogP contribution is -2.35. The molecule has 1 aliphatic rings. The molecule has 7 heteroatoms. The summed E-state index contributed by atoms with van der Waals surface area (Å²) in [5, 5.41) is 0. The Balaban J connectivity index is 2.32. The number of ether oxygens (including phenoxy) is 1. The van der Waals surface area contributed by atoms with Crippen molar-refractivity contribution in [2.75, 3.05) is 18.8 Å². The van der Waals surface area contributed by atoms with Crippen molar-refractivity contribution >= 4 is 25.8 Å². The molecule has 0 aliphatic carbocycles. The second kappa shape index (κ2) is 6.31. The summed E-state index contributed by atoms with van der Waals surface area (Å²) in [7, 11) is 1.76. The van der Waals surface area contributed by atoms with Crippen molar-refractivity contribution in [1.29, 1.82) is 0 Å². The van der Waals surface area contributed by atoms with Gasteiger partial charge in [-0.25, -0.2) is 13.2 Å². The number of carbonyl (C=O) groups is 1. The van der Waals surface area contributed by atoms with Crippen molar-refractivity contribution in [3.8, 4) is 0 Å². The Labute approximate surface area is 119 Å². The van der Waals surface area contributed by atoms with Crippen LogP contribution in [0.25, 0.3) is 0 Å². The fourth-order valence-corrected chi connectivity index (χ4v) is 2.94. The molecule has 1 amide bonds. The van der Waals surface area contributed by atoms with E-state index in [1.54, 1.807) is 4.90 Å². The number of carbonyl (C=O) groups excluding carboxylic acids is 1. The molecule has 0 aromatic heterocycles. The molecular formula is C12H22ClNO4S. The SMILES string of the molecule is CC(C)(C)OC(=O)N1CCC(CCCS(=O)(=O)Cl)C1. The fraction of sp³-hybridized carbons (Fsp3) is 0.917. The van der Waals surface area contributed by atoms with Crippen molar-refractivity contribution in [3.63, 3.8) is 0 Å². The molecule has 0 bridgehead atoms. The maximum absolute atomic E-state index is 11.8. The second-order valence-corrected chi connectivity index (χ2v) is 8.86. The summed E-state index contributed by atoms with van der Waals surface area (Å²) in [5.74, 6) is 0.336. The predicted octanol–water partition coefficient (Wildman–Crippen LogP) is 2.59. The zero-order valence-electron chi connectivity index (χ0n) is 11.7. The molecule has 19 heavy (non-hydrogen) atoms. The van der Waals surface area contributed by atoms with E-state index in [1.807, 2.05) is 20.8 Å². The lowest BCUT2D eigenvalue weighted by molar-refractivity contribution is 0.0287. The molecule has 0 aromatic rings. The summed E-state index contributed by atoms with van der Waals surface area (Å²) in [4.78, 5) is 13.5. The number of nitrogens with zero attached hydrogens (tertiary/aromatic N) is 1. The topological polar surface area (TPSA) is 63.7 Å². The lowest BCUT2D eigenvalue weighted by atomic mass is 10.0. The van der Waals surface area contributed by atoms with E-state index in [0.717, 1.165) is 12.8 Å². The Morgan fingerprint density at radius 1 is 1.42 bits per heavy atom. The van der Waals surface area contributed by atoms with Crippen molar-refractivity contribution in [3.05, 3.63) is 0 Å². The molecule has 1 unspecified atom stereocenters. The Kier molecular flexibility index (Phi) is 5.50. The van der Waals surface area contributed by atoms with Gasteiger partial charge in [-0.15, -0.1) is 0 Å². The Morgan fingerprint density at radius 3 is 2.58 bits per heavy atom. The third kappa shape index (κ3) is 7.01. The van der Waals surface area contributed by atoms with Gasteiger partial charge in [-0.05, 0) is 46.0 Å². The van der Waals surface area contributed by atoms with Crippen molar-refractivity contribution in [2.24, 2.45) is 5.92 Å². The Morgan fingerprint density at radius 2 is 2.05 bits per heavy atom. The maximum atomic E-state index is 11.8. The van der Waals surface area contributed by atoms with E-state index >= 15 is 0 Å². The molecule has 5 nitrogen and oxygen atoms in total. The first-order valence-electron chi connectivity index (χ1n) is 6.47. The average Bonchev–Trinajstić information content (AvgIpc) is 2.61. The van der Waals surface area contributed by atoms with Crippen LogP contribution < -0.4 is 0 Å². The van der Waals surface area contributed by atoms with Gasteiger partial charge in [0.05, 0.1) is 5.75 Å². The quantitative estimate of drug-likeness (QED) is 0.749. The molecule has 112 valence electrons. The molecule has 1 rings (SSSR count). The largest absolute Gasteiger partial charge is 0.444 e. The molecular weight excluding hydrogens is 290 g/mol. The molecule has 0 radical (unpaired) electrons. The lowest BCUT2D eigenvalue weighted by Gasteiger charge is -2.24. The fourth-order valence-electron chi connectivity index (χ4n) is 2.11. The molecule has 1 atom stereocenters. The minimum Gasteiger partial charge on any atom is -0.444 e. The van der Waals surface area contributed by atoms with E-state index in [9.17, 15) is 13.2 Å². The number of hydrogen-bond acceptors (Lipinski definition) is 4. The standard InChI is InChI=1S/C12H22ClNO4S/c1-12(2,3)18-11(15)14-7-6-10(9-14)5-4-8-19(13,16)17/h10H,4-9H2,1-3H3. The highest BCUT2D eigenvalue weighted by molar-refractivity contribution is 8.13. The second-order valence-electron chi connectivity index (χ2n) is 5.97. The number of hydrogen-bond donors (Lipinski definition) is 0. The van der Waals surface area contributed by atoms with E-state index in [1.165, 1.54) is 0 Å². The minimum atomic E-state index is -3.40. The summed E-state index contributed by atoms with van der Waals surface area (Å²) in [6.07, 6.45) is 1.91. The van der Waals surface area contributed by atoms with Gasteiger partial charge in [-0.2, -0.15) is 0 Å². The van der Waals surface area contributed by atoms with Crippen molar-refractivity contribution in [2.45, 2.75) is 45.6 Å². The van der Waals surface area contributed by atoms with Gasteiger partial charge < -0.3 is 9.64 Å². The zero-order chi connectivity index (χ0) is 14.7. The van der Waals surface area contributed by atoms with E-state index < -0.39 is 14.7 Å². The Hall–Kier alpha value is -0.490. The molecule has 1 heterocycles. The van der Waals surface area contributed by atoms with E-state index in [-0.39, 0.29) is 11.8 Å². The monoisotopic (exact) mass is 311 g/mol. The molecule has 1 aliphatic heterocycles. The first-order chi connectivity index (χ1) is 8.57. The zero-order valence-corrected chi connectivity index (χ0v) is 13.3. The highest BCUT2D eigenvalue weighted by Crippen LogP contribution is 2.23. The molecule has 1 fully saturated rings. The van der Waals surface area contributed by atoms with Gasteiger partial charge in [0, 0.05) is 23.8 Å². The van der Waals surface area contributed by atoms with Crippen molar-refractivity contribution < 1.29 is 17.9 Å². The van der Waals surface area contributed by atoms with Gasteiger partial charge in [-0.3, -0.25) is 0 Å². The molecule has 0 aromatic carbocycles. The van der Waals surface area contributed by atoms with Crippen LogP contribution in [0.3, 0.4) is 0 Å². The van der Waals surface area contributed by atoms with Crippen LogP contribution in [-0.2, 0) is 13.8 Å². The van der Waals surface area contributed by atoms with Gasteiger partial charge in [0.1, 0.15) is 5.60 Å². The first kappa shape index (κ1) is 16.6. The number of rotatable bonds is 4. The molecule has 0 spiro atoms. The van der Waals surface area contributed by atoms with Crippen LogP contribution in [0.5, 0.6) is 0 Å². The normalized spacial score (nSPS) is 20.6. The van der Waals surface area contributed by atoms with Crippen LogP contribution in [0.15, 0.2) is 0 Å². The number of likely N-dealkylation sites (tertiary alicyclic amines) is 1. The van der Waals surface area contributed by atoms with Crippen LogP contribution in [-0.4, -0.2) is 43.9 Å². The van der Waals surface area contributed by atoms with E-state index in [2.05, 4.69) is 0 Å². The summed E-state index contributed by atoms with van der Waals surface area (Å²) < 4.78 is 26.9.